The van der Waals surface area contributed by atoms with Gasteiger partial charge in [-0.25, -0.2) is 8.42 Å². The molecule has 0 spiro atoms. The van der Waals surface area contributed by atoms with Crippen LogP contribution in [0.3, 0.4) is 0 Å². The molecule has 0 fully saturated rings. The Morgan fingerprint density at radius 1 is 1.00 bits per heavy atom. The summed E-state index contributed by atoms with van der Waals surface area (Å²) in [6.07, 6.45) is 1.40. The van der Waals surface area contributed by atoms with E-state index in [0.717, 1.165) is 16.1 Å². The van der Waals surface area contributed by atoms with E-state index in [-0.39, 0.29) is 18.4 Å². The van der Waals surface area contributed by atoms with Gasteiger partial charge in [0.1, 0.15) is 12.6 Å². The molecule has 2 aromatic rings. The Labute approximate surface area is 218 Å². The minimum atomic E-state index is -3.78. The van der Waals surface area contributed by atoms with Crippen LogP contribution in [0.15, 0.2) is 42.5 Å². The first-order chi connectivity index (χ1) is 16.4. The van der Waals surface area contributed by atoms with Crippen molar-refractivity contribution in [3.63, 3.8) is 0 Å². The lowest BCUT2D eigenvalue weighted by Crippen LogP contribution is -2.52. The number of likely N-dealkylation sites (N-methyl/N-ethyl adjacent to an activating group) is 1. The van der Waals surface area contributed by atoms with Crippen LogP contribution in [0.4, 0.5) is 5.69 Å². The van der Waals surface area contributed by atoms with Crippen molar-refractivity contribution in [3.8, 4) is 0 Å². The Hall–Kier alpha value is -2.29. The van der Waals surface area contributed by atoms with Crippen molar-refractivity contribution in [3.05, 3.63) is 63.6 Å². The summed E-state index contributed by atoms with van der Waals surface area (Å²) in [5.74, 6) is -0.537. The van der Waals surface area contributed by atoms with Gasteiger partial charge in [-0.05, 0) is 54.7 Å². The molecule has 1 N–H and O–H groups in total. The molecule has 7 nitrogen and oxygen atoms in total. The molecule has 10 heteroatoms. The fraction of sp³-hybridized carbons (Fsp3) is 0.440. The predicted octanol–water partition coefficient (Wildman–Crippen LogP) is 4.83. The highest BCUT2D eigenvalue weighted by molar-refractivity contribution is 7.92. The first-order valence-electron chi connectivity index (χ1n) is 11.5. The SMILES string of the molecule is CCNC(=O)C(CC)N(Cc1ccc(Cl)c(Cl)c1)C(=O)CN(c1ccc(C(C)C)cc1)S(C)(=O)=O. The smallest absolute Gasteiger partial charge is 0.244 e. The summed E-state index contributed by atoms with van der Waals surface area (Å²) in [5, 5.41) is 3.46. The van der Waals surface area contributed by atoms with Crippen LogP contribution in [0, 0.1) is 0 Å². The second-order valence-electron chi connectivity index (χ2n) is 8.60. The van der Waals surface area contributed by atoms with Gasteiger partial charge in [0.05, 0.1) is 22.0 Å². The Morgan fingerprint density at radius 3 is 2.11 bits per heavy atom. The Morgan fingerprint density at radius 2 is 1.63 bits per heavy atom. The van der Waals surface area contributed by atoms with Crippen molar-refractivity contribution < 1.29 is 18.0 Å². The highest BCUT2D eigenvalue weighted by atomic mass is 35.5. The first-order valence-corrected chi connectivity index (χ1v) is 14.1. The van der Waals surface area contributed by atoms with E-state index in [9.17, 15) is 18.0 Å². The number of nitrogens with one attached hydrogen (secondary N) is 1. The van der Waals surface area contributed by atoms with Gasteiger partial charge in [-0.2, -0.15) is 0 Å². The quantitative estimate of drug-likeness (QED) is 0.441. The number of anilines is 1. The lowest BCUT2D eigenvalue weighted by molar-refractivity contribution is -0.140. The van der Waals surface area contributed by atoms with Crippen molar-refractivity contribution >= 4 is 50.7 Å². The van der Waals surface area contributed by atoms with Gasteiger partial charge < -0.3 is 10.2 Å². The van der Waals surface area contributed by atoms with Crippen LogP contribution in [0.5, 0.6) is 0 Å². The van der Waals surface area contributed by atoms with Crippen molar-refractivity contribution in [2.75, 3.05) is 23.7 Å². The lowest BCUT2D eigenvalue weighted by atomic mass is 10.0. The third-order valence-electron chi connectivity index (χ3n) is 5.60. The summed E-state index contributed by atoms with van der Waals surface area (Å²) in [6, 6.07) is 11.3. The van der Waals surface area contributed by atoms with Crippen LogP contribution in [-0.4, -0.2) is 50.5 Å². The topological polar surface area (TPSA) is 86.8 Å². The highest BCUT2D eigenvalue weighted by Gasteiger charge is 2.31. The molecule has 0 radical (unpaired) electrons. The first kappa shape index (κ1) is 28.9. The summed E-state index contributed by atoms with van der Waals surface area (Å²) in [7, 11) is -3.78. The Kier molecular flexibility index (Phi) is 10.4. The minimum absolute atomic E-state index is 0.0647. The number of hydrogen-bond donors (Lipinski definition) is 1. The van der Waals surface area contributed by atoms with Gasteiger partial charge >= 0.3 is 0 Å². The normalized spacial score (nSPS) is 12.3. The van der Waals surface area contributed by atoms with Crippen LogP contribution in [0.2, 0.25) is 10.0 Å². The van der Waals surface area contributed by atoms with E-state index in [0.29, 0.717) is 34.3 Å². The van der Waals surface area contributed by atoms with Gasteiger partial charge in [0, 0.05) is 13.1 Å². The molecular weight excluding hydrogens is 509 g/mol. The van der Waals surface area contributed by atoms with E-state index in [4.69, 9.17) is 23.2 Å². The molecule has 0 aliphatic carbocycles. The fourth-order valence-corrected chi connectivity index (χ4v) is 4.86. The summed E-state index contributed by atoms with van der Waals surface area (Å²) in [5.41, 5.74) is 2.10. The zero-order valence-corrected chi connectivity index (χ0v) is 23.0. The van der Waals surface area contributed by atoms with E-state index >= 15 is 0 Å². The molecule has 0 aromatic heterocycles. The number of hydrogen-bond acceptors (Lipinski definition) is 4. The van der Waals surface area contributed by atoms with Gasteiger partial charge in [-0.15, -0.1) is 0 Å². The molecule has 2 amide bonds. The molecule has 0 aliphatic rings. The second-order valence-corrected chi connectivity index (χ2v) is 11.3. The second kappa shape index (κ2) is 12.6. The number of amides is 2. The van der Waals surface area contributed by atoms with E-state index < -0.39 is 28.5 Å². The highest BCUT2D eigenvalue weighted by Crippen LogP contribution is 2.25. The third kappa shape index (κ3) is 7.85. The maximum atomic E-state index is 13.6. The van der Waals surface area contributed by atoms with Crippen molar-refractivity contribution in [1.29, 1.82) is 0 Å². The van der Waals surface area contributed by atoms with E-state index in [1.807, 2.05) is 26.0 Å². The molecule has 2 aromatic carbocycles. The zero-order valence-electron chi connectivity index (χ0n) is 20.7. The average Bonchev–Trinajstić information content (AvgIpc) is 2.79. The summed E-state index contributed by atoms with van der Waals surface area (Å²) in [6.45, 7) is 7.70. The molecule has 192 valence electrons. The number of carbonyl (C=O) groups is 2. The molecule has 2 rings (SSSR count). The van der Waals surface area contributed by atoms with Crippen molar-refractivity contribution in [1.82, 2.24) is 10.2 Å². The number of benzene rings is 2. The Balaban J connectivity index is 2.44. The maximum absolute atomic E-state index is 13.6. The van der Waals surface area contributed by atoms with Gasteiger partial charge in [0.25, 0.3) is 0 Å². The predicted molar refractivity (Wildman–Crippen MR) is 142 cm³/mol. The van der Waals surface area contributed by atoms with Crippen LogP contribution in [0.1, 0.15) is 51.2 Å². The zero-order chi connectivity index (χ0) is 26.3. The molecule has 0 heterocycles. The number of carbonyl (C=O) groups excluding carboxylic acids is 2. The van der Waals surface area contributed by atoms with Crippen LogP contribution < -0.4 is 9.62 Å². The van der Waals surface area contributed by atoms with E-state index in [1.54, 1.807) is 44.2 Å². The van der Waals surface area contributed by atoms with Crippen LogP contribution in [0.25, 0.3) is 0 Å². The largest absolute Gasteiger partial charge is 0.355 e. The lowest BCUT2D eigenvalue weighted by Gasteiger charge is -2.33. The minimum Gasteiger partial charge on any atom is -0.355 e. The van der Waals surface area contributed by atoms with Crippen molar-refractivity contribution in [2.45, 2.75) is 52.6 Å². The number of nitrogens with zero attached hydrogens (tertiary/aromatic N) is 2. The maximum Gasteiger partial charge on any atom is 0.244 e. The molecule has 0 bridgehead atoms. The third-order valence-corrected chi connectivity index (χ3v) is 7.48. The number of rotatable bonds is 11. The van der Waals surface area contributed by atoms with E-state index in [2.05, 4.69) is 5.32 Å². The number of halogens is 2. The molecular formula is C25H33Cl2N3O4S. The monoisotopic (exact) mass is 541 g/mol. The molecule has 0 aliphatic heterocycles. The van der Waals surface area contributed by atoms with Gasteiger partial charge in [0.2, 0.25) is 21.8 Å². The molecule has 1 atom stereocenters. The standard InChI is InChI=1S/C25H33Cl2N3O4S/c1-6-23(25(32)28-7-2)29(15-18-8-13-21(26)22(27)14-18)24(31)16-30(35(5,33)34)20-11-9-19(10-12-20)17(3)4/h8-14,17,23H,6-7,15-16H2,1-5H3,(H,28,32). The van der Waals surface area contributed by atoms with Crippen LogP contribution >= 0.6 is 23.2 Å². The summed E-state index contributed by atoms with van der Waals surface area (Å²) < 4.78 is 26.4. The van der Waals surface area contributed by atoms with Gasteiger partial charge in [0.15, 0.2) is 0 Å². The van der Waals surface area contributed by atoms with Gasteiger partial charge in [-0.3, -0.25) is 13.9 Å². The molecule has 35 heavy (non-hydrogen) atoms. The summed E-state index contributed by atoms with van der Waals surface area (Å²) in [4.78, 5) is 27.8. The van der Waals surface area contributed by atoms with Gasteiger partial charge in [-0.1, -0.05) is 62.2 Å². The Bertz CT molecular complexity index is 1140. The summed E-state index contributed by atoms with van der Waals surface area (Å²) >= 11 is 12.2. The fourth-order valence-electron chi connectivity index (χ4n) is 3.69. The average molecular weight is 543 g/mol. The molecule has 0 saturated heterocycles. The van der Waals surface area contributed by atoms with Crippen molar-refractivity contribution in [2.24, 2.45) is 0 Å². The molecule has 0 saturated carbocycles. The van der Waals surface area contributed by atoms with E-state index in [1.165, 1.54) is 4.90 Å². The molecule has 1 unspecified atom stereocenters. The van der Waals surface area contributed by atoms with Crippen LogP contribution in [-0.2, 0) is 26.2 Å². The number of sulfonamides is 1.